The minimum absolute atomic E-state index is 0.123. The van der Waals surface area contributed by atoms with Crippen molar-refractivity contribution in [3.05, 3.63) is 24.0 Å². The topological polar surface area (TPSA) is 81.7 Å². The average molecular weight is 361 g/mol. The Morgan fingerprint density at radius 3 is 2.77 bits per heavy atom. The van der Waals surface area contributed by atoms with Crippen LogP contribution < -0.4 is 15.4 Å². The molecule has 7 nitrogen and oxygen atoms in total. The highest BCUT2D eigenvalue weighted by molar-refractivity contribution is 5.74. The van der Waals surface area contributed by atoms with E-state index in [0.717, 1.165) is 24.3 Å². The lowest BCUT2D eigenvalue weighted by Gasteiger charge is -2.24. The molecule has 3 heterocycles. The summed E-state index contributed by atoms with van der Waals surface area (Å²) < 4.78 is 17.8. The van der Waals surface area contributed by atoms with Crippen LogP contribution in [0.25, 0.3) is 0 Å². The van der Waals surface area contributed by atoms with Crippen molar-refractivity contribution in [2.75, 3.05) is 13.2 Å². The van der Waals surface area contributed by atoms with E-state index < -0.39 is 0 Å². The number of urea groups is 1. The Labute approximate surface area is 153 Å². The molecule has 142 valence electrons. The number of pyridine rings is 1. The van der Waals surface area contributed by atoms with Gasteiger partial charge in [0.1, 0.15) is 18.0 Å². The second-order valence-corrected chi connectivity index (χ2v) is 7.40. The minimum Gasteiger partial charge on any atom is -0.483 e. The van der Waals surface area contributed by atoms with Crippen molar-refractivity contribution in [2.45, 2.75) is 69.4 Å². The highest BCUT2D eigenvalue weighted by Gasteiger charge is 2.49. The summed E-state index contributed by atoms with van der Waals surface area (Å²) in [4.78, 5) is 16.5. The third-order valence-electron chi connectivity index (χ3n) is 5.50. The monoisotopic (exact) mass is 361 g/mol. The van der Waals surface area contributed by atoms with Crippen LogP contribution in [0.2, 0.25) is 0 Å². The number of aromatic nitrogens is 1. The number of nitrogens with one attached hydrogen (secondary N) is 2. The van der Waals surface area contributed by atoms with Crippen LogP contribution in [0.15, 0.2) is 18.3 Å². The third kappa shape index (κ3) is 3.78. The number of carbonyl (C=O) groups is 1. The summed E-state index contributed by atoms with van der Waals surface area (Å²) >= 11 is 0. The maximum atomic E-state index is 12.3. The van der Waals surface area contributed by atoms with Crippen molar-refractivity contribution < 1.29 is 19.0 Å². The third-order valence-corrected chi connectivity index (χ3v) is 5.50. The molecule has 2 N–H and O–H groups in total. The normalized spacial score (nSPS) is 31.4. The molecule has 0 unspecified atom stereocenters. The first-order chi connectivity index (χ1) is 12.7. The lowest BCUT2D eigenvalue weighted by molar-refractivity contribution is 0.0299. The zero-order valence-corrected chi connectivity index (χ0v) is 15.1. The largest absolute Gasteiger partial charge is 0.483 e. The smallest absolute Gasteiger partial charge is 0.315 e. The van der Waals surface area contributed by atoms with E-state index in [9.17, 15) is 4.79 Å². The van der Waals surface area contributed by atoms with Crippen LogP contribution in [0.3, 0.4) is 0 Å². The molecular formula is C19H27N3O4. The van der Waals surface area contributed by atoms with E-state index in [4.69, 9.17) is 14.2 Å². The van der Waals surface area contributed by atoms with Crippen LogP contribution in [-0.2, 0) is 9.47 Å². The van der Waals surface area contributed by atoms with Crippen molar-refractivity contribution in [3.63, 3.8) is 0 Å². The van der Waals surface area contributed by atoms with E-state index in [0.29, 0.717) is 13.2 Å². The molecular weight excluding hydrogens is 334 g/mol. The summed E-state index contributed by atoms with van der Waals surface area (Å²) in [5.74, 6) is 0.747. The molecule has 2 saturated heterocycles. The fraction of sp³-hybridized carbons (Fsp3) is 0.684. The van der Waals surface area contributed by atoms with Crippen molar-refractivity contribution >= 4 is 6.03 Å². The number of amides is 2. The molecule has 4 rings (SSSR count). The number of hydrogen-bond donors (Lipinski definition) is 2. The van der Waals surface area contributed by atoms with E-state index in [1.807, 2.05) is 19.1 Å². The van der Waals surface area contributed by atoms with E-state index in [1.165, 1.54) is 19.3 Å². The Hall–Kier alpha value is -1.86. The quantitative estimate of drug-likeness (QED) is 0.856. The van der Waals surface area contributed by atoms with Crippen LogP contribution in [0.5, 0.6) is 5.75 Å². The number of rotatable bonds is 4. The molecule has 4 atom stereocenters. The van der Waals surface area contributed by atoms with Crippen LogP contribution in [-0.4, -0.2) is 54.6 Å². The Balaban J connectivity index is 1.30. The average Bonchev–Trinajstić information content (AvgIpc) is 3.21. The van der Waals surface area contributed by atoms with Crippen LogP contribution in [0, 0.1) is 6.92 Å². The summed E-state index contributed by atoms with van der Waals surface area (Å²) in [5.41, 5.74) is 0.843. The lowest BCUT2D eigenvalue weighted by Crippen LogP contribution is -2.51. The molecule has 1 aromatic rings. The molecule has 1 aliphatic carbocycles. The molecule has 3 fully saturated rings. The summed E-state index contributed by atoms with van der Waals surface area (Å²) in [5, 5.41) is 6.11. The molecule has 0 spiro atoms. The molecule has 0 bridgehead atoms. The Morgan fingerprint density at radius 1 is 1.15 bits per heavy atom. The molecule has 7 heteroatoms. The SMILES string of the molecule is Cc1ncccc1O[C@H]1CO[C@H]2[C@@H]1OC[C@@H]2NC(=O)NC1CCCCC1. The van der Waals surface area contributed by atoms with Gasteiger partial charge in [-0.25, -0.2) is 4.79 Å². The van der Waals surface area contributed by atoms with Crippen molar-refractivity contribution in [1.82, 2.24) is 15.6 Å². The predicted molar refractivity (Wildman–Crippen MR) is 95.2 cm³/mol. The van der Waals surface area contributed by atoms with Gasteiger partial charge in [-0.3, -0.25) is 4.98 Å². The van der Waals surface area contributed by atoms with Crippen LogP contribution >= 0.6 is 0 Å². The molecule has 26 heavy (non-hydrogen) atoms. The number of aryl methyl sites for hydroxylation is 1. The van der Waals surface area contributed by atoms with Gasteiger partial charge in [-0.15, -0.1) is 0 Å². The maximum absolute atomic E-state index is 12.3. The van der Waals surface area contributed by atoms with E-state index in [2.05, 4.69) is 15.6 Å². The second kappa shape index (κ2) is 7.80. The van der Waals surface area contributed by atoms with Crippen molar-refractivity contribution in [2.24, 2.45) is 0 Å². The summed E-state index contributed by atoms with van der Waals surface area (Å²) in [6.07, 6.45) is 7.00. The van der Waals surface area contributed by atoms with Gasteiger partial charge in [-0.05, 0) is 31.9 Å². The minimum atomic E-state index is -0.184. The molecule has 2 aliphatic heterocycles. The van der Waals surface area contributed by atoms with Gasteiger partial charge in [-0.1, -0.05) is 19.3 Å². The van der Waals surface area contributed by atoms with Gasteiger partial charge < -0.3 is 24.8 Å². The summed E-state index contributed by atoms with van der Waals surface area (Å²) in [6, 6.07) is 3.77. The zero-order chi connectivity index (χ0) is 17.9. The van der Waals surface area contributed by atoms with E-state index in [1.54, 1.807) is 6.20 Å². The van der Waals surface area contributed by atoms with Crippen LogP contribution in [0.4, 0.5) is 4.79 Å². The first kappa shape index (κ1) is 17.5. The highest BCUT2D eigenvalue weighted by atomic mass is 16.6. The van der Waals surface area contributed by atoms with Gasteiger partial charge in [0, 0.05) is 12.2 Å². The van der Waals surface area contributed by atoms with E-state index >= 15 is 0 Å². The molecule has 1 aromatic heterocycles. The molecule has 3 aliphatic rings. The number of ether oxygens (including phenoxy) is 3. The number of hydrogen-bond acceptors (Lipinski definition) is 5. The Kier molecular flexibility index (Phi) is 5.26. The van der Waals surface area contributed by atoms with Gasteiger partial charge in [0.15, 0.2) is 6.10 Å². The second-order valence-electron chi connectivity index (χ2n) is 7.40. The lowest BCUT2D eigenvalue weighted by atomic mass is 9.96. The first-order valence-corrected chi connectivity index (χ1v) is 9.59. The van der Waals surface area contributed by atoms with E-state index in [-0.39, 0.29) is 36.4 Å². The Bertz CT molecular complexity index is 635. The molecule has 1 saturated carbocycles. The Morgan fingerprint density at radius 2 is 1.96 bits per heavy atom. The fourth-order valence-electron chi connectivity index (χ4n) is 4.09. The molecule has 0 radical (unpaired) electrons. The zero-order valence-electron chi connectivity index (χ0n) is 15.1. The molecule has 0 aromatic carbocycles. The van der Waals surface area contributed by atoms with Gasteiger partial charge in [-0.2, -0.15) is 0 Å². The number of carbonyl (C=O) groups excluding carboxylic acids is 1. The number of fused-ring (bicyclic) bond motifs is 1. The van der Waals surface area contributed by atoms with Gasteiger partial charge in [0.2, 0.25) is 0 Å². The number of nitrogens with zero attached hydrogens (tertiary/aromatic N) is 1. The molecule has 2 amide bonds. The van der Waals surface area contributed by atoms with Crippen molar-refractivity contribution in [3.8, 4) is 5.75 Å². The predicted octanol–water partition coefficient (Wildman–Crippen LogP) is 1.94. The van der Waals surface area contributed by atoms with Crippen molar-refractivity contribution in [1.29, 1.82) is 0 Å². The summed E-state index contributed by atoms with van der Waals surface area (Å²) in [7, 11) is 0. The van der Waals surface area contributed by atoms with Gasteiger partial charge in [0.25, 0.3) is 0 Å². The maximum Gasteiger partial charge on any atom is 0.315 e. The first-order valence-electron chi connectivity index (χ1n) is 9.59. The van der Waals surface area contributed by atoms with Gasteiger partial charge in [0.05, 0.1) is 24.9 Å². The standard InChI is InChI=1S/C19H27N3O4/c1-12-15(8-5-9-20-12)26-16-11-25-17-14(10-24-18(16)17)22-19(23)21-13-6-3-2-4-7-13/h5,8-9,13-14,16-18H,2-4,6-7,10-11H2,1H3,(H2,21,22,23)/t14-,16-,17+,18+/m0/s1. The van der Waals surface area contributed by atoms with Crippen LogP contribution in [0.1, 0.15) is 37.8 Å². The highest BCUT2D eigenvalue weighted by Crippen LogP contribution is 2.30. The van der Waals surface area contributed by atoms with Gasteiger partial charge >= 0.3 is 6.03 Å². The fourth-order valence-corrected chi connectivity index (χ4v) is 4.09. The summed E-state index contributed by atoms with van der Waals surface area (Å²) in [6.45, 7) is 2.81.